The van der Waals surface area contributed by atoms with Crippen LogP contribution < -0.4 is 10.6 Å². The van der Waals surface area contributed by atoms with Gasteiger partial charge >= 0.3 is 6.03 Å². The minimum Gasteiger partial charge on any atom is -0.353 e. The Hall–Kier alpha value is -2.12. The minimum absolute atomic E-state index is 0.0531. The molecule has 1 fully saturated rings. The van der Waals surface area contributed by atoms with E-state index in [2.05, 4.69) is 29.6 Å². The molecule has 0 radical (unpaired) electrons. The second-order valence-electron chi connectivity index (χ2n) is 6.50. The topological polar surface area (TPSA) is 77.4 Å². The van der Waals surface area contributed by atoms with Gasteiger partial charge in [0.1, 0.15) is 0 Å². The first kappa shape index (κ1) is 16.7. The van der Waals surface area contributed by atoms with E-state index in [9.17, 15) is 4.79 Å². The highest BCUT2D eigenvalue weighted by atomic mass is 16.7. The van der Waals surface area contributed by atoms with Crippen LogP contribution in [0.5, 0.6) is 0 Å². The lowest BCUT2D eigenvalue weighted by molar-refractivity contribution is -0.258. The number of nitrogens with zero attached hydrogens (tertiary/aromatic N) is 2. The van der Waals surface area contributed by atoms with Gasteiger partial charge in [0, 0.05) is 56.4 Å². The molecule has 0 aliphatic heterocycles. The second kappa shape index (κ2) is 6.41. The van der Waals surface area contributed by atoms with Gasteiger partial charge in [-0.2, -0.15) is 5.10 Å². The number of anilines is 1. The van der Waals surface area contributed by atoms with E-state index in [0.29, 0.717) is 18.9 Å². The maximum absolute atomic E-state index is 12.1. The first-order valence-corrected chi connectivity index (χ1v) is 8.11. The third kappa shape index (κ3) is 3.22. The van der Waals surface area contributed by atoms with Crippen LogP contribution >= 0.6 is 0 Å². The van der Waals surface area contributed by atoms with E-state index in [0.717, 1.165) is 16.6 Å². The number of aromatic nitrogens is 2. The monoisotopic (exact) mass is 332 g/mol. The van der Waals surface area contributed by atoms with Crippen molar-refractivity contribution in [3.05, 3.63) is 24.4 Å². The highest BCUT2D eigenvalue weighted by Gasteiger charge is 2.45. The number of hydrogen-bond acceptors (Lipinski definition) is 4. The molecule has 1 aromatic heterocycles. The Kier molecular flexibility index (Phi) is 4.47. The smallest absolute Gasteiger partial charge is 0.319 e. The van der Waals surface area contributed by atoms with Gasteiger partial charge in [0.2, 0.25) is 0 Å². The van der Waals surface area contributed by atoms with Crippen LogP contribution in [0.4, 0.5) is 10.5 Å². The summed E-state index contributed by atoms with van der Waals surface area (Å²) in [5, 5.41) is 11.3. The molecule has 2 aromatic rings. The number of benzene rings is 1. The molecule has 1 heterocycles. The Labute approximate surface area is 141 Å². The molecule has 0 unspecified atom stereocenters. The number of carbonyl (C=O) groups is 1. The van der Waals surface area contributed by atoms with E-state index in [1.807, 2.05) is 29.1 Å². The summed E-state index contributed by atoms with van der Waals surface area (Å²) in [4.78, 5) is 12.1. The molecule has 24 heavy (non-hydrogen) atoms. The summed E-state index contributed by atoms with van der Waals surface area (Å²) >= 11 is 0. The van der Waals surface area contributed by atoms with E-state index in [-0.39, 0.29) is 12.1 Å². The fraction of sp³-hybridized carbons (Fsp3) is 0.529. The van der Waals surface area contributed by atoms with E-state index < -0.39 is 5.79 Å². The molecule has 3 rings (SSSR count). The molecule has 1 saturated carbocycles. The van der Waals surface area contributed by atoms with E-state index in [1.54, 1.807) is 14.2 Å². The first-order chi connectivity index (χ1) is 11.4. The van der Waals surface area contributed by atoms with Gasteiger partial charge in [-0.25, -0.2) is 4.79 Å². The quantitative estimate of drug-likeness (QED) is 0.825. The lowest BCUT2D eigenvalue weighted by atomic mass is 9.85. The minimum atomic E-state index is -0.553. The zero-order valence-corrected chi connectivity index (χ0v) is 14.5. The van der Waals surface area contributed by atoms with Crippen LogP contribution in [-0.4, -0.2) is 41.9 Å². The van der Waals surface area contributed by atoms with E-state index in [4.69, 9.17) is 9.47 Å². The van der Waals surface area contributed by atoms with Crippen LogP contribution in [0.1, 0.15) is 32.7 Å². The number of amides is 2. The van der Waals surface area contributed by atoms with Crippen molar-refractivity contribution in [2.45, 2.75) is 44.6 Å². The zero-order valence-electron chi connectivity index (χ0n) is 14.5. The summed E-state index contributed by atoms with van der Waals surface area (Å²) in [6, 6.07) is 5.82. The van der Waals surface area contributed by atoms with Crippen molar-refractivity contribution < 1.29 is 14.3 Å². The molecule has 1 aromatic carbocycles. The van der Waals surface area contributed by atoms with Gasteiger partial charge in [0.15, 0.2) is 5.79 Å². The highest BCUT2D eigenvalue weighted by Crippen LogP contribution is 2.35. The van der Waals surface area contributed by atoms with Crippen molar-refractivity contribution in [2.24, 2.45) is 0 Å². The Bertz CT molecular complexity index is 729. The van der Waals surface area contributed by atoms with Gasteiger partial charge in [0.25, 0.3) is 0 Å². The van der Waals surface area contributed by atoms with Crippen LogP contribution in [0, 0.1) is 0 Å². The molecular formula is C17H24N4O3. The number of methoxy groups -OCH3 is 2. The highest BCUT2D eigenvalue weighted by molar-refractivity contribution is 5.92. The predicted octanol–water partition coefficient (Wildman–Crippen LogP) is 2.89. The molecule has 0 spiro atoms. The Balaban J connectivity index is 1.60. The summed E-state index contributed by atoms with van der Waals surface area (Å²) < 4.78 is 12.6. The van der Waals surface area contributed by atoms with Crippen LogP contribution in [0.15, 0.2) is 24.4 Å². The molecule has 2 amide bonds. The molecular weight excluding hydrogens is 308 g/mol. The number of urea groups is 1. The third-order valence-electron chi connectivity index (χ3n) is 4.50. The van der Waals surface area contributed by atoms with Crippen LogP contribution in [0.3, 0.4) is 0 Å². The fourth-order valence-corrected chi connectivity index (χ4v) is 2.95. The Morgan fingerprint density at radius 1 is 1.33 bits per heavy atom. The summed E-state index contributed by atoms with van der Waals surface area (Å²) in [5.41, 5.74) is 1.66. The van der Waals surface area contributed by atoms with Crippen LogP contribution in [0.2, 0.25) is 0 Å². The Morgan fingerprint density at radius 2 is 2.04 bits per heavy atom. The number of rotatable bonds is 5. The lowest BCUT2D eigenvalue weighted by Crippen LogP contribution is -2.57. The largest absolute Gasteiger partial charge is 0.353 e. The van der Waals surface area contributed by atoms with Crippen molar-refractivity contribution in [3.63, 3.8) is 0 Å². The fourth-order valence-electron chi connectivity index (χ4n) is 2.95. The van der Waals surface area contributed by atoms with Crippen molar-refractivity contribution in [1.82, 2.24) is 15.1 Å². The average Bonchev–Trinajstić information content (AvgIpc) is 2.94. The Morgan fingerprint density at radius 3 is 2.67 bits per heavy atom. The average molecular weight is 332 g/mol. The molecule has 0 atom stereocenters. The van der Waals surface area contributed by atoms with Gasteiger partial charge < -0.3 is 20.1 Å². The predicted molar refractivity (Wildman–Crippen MR) is 92.0 cm³/mol. The first-order valence-electron chi connectivity index (χ1n) is 8.11. The lowest BCUT2D eigenvalue weighted by Gasteiger charge is -2.45. The molecule has 0 saturated heterocycles. The van der Waals surface area contributed by atoms with Gasteiger partial charge in [-0.15, -0.1) is 0 Å². The summed E-state index contributed by atoms with van der Waals surface area (Å²) in [6.07, 6.45) is 3.28. The van der Waals surface area contributed by atoms with Crippen molar-refractivity contribution in [2.75, 3.05) is 19.5 Å². The van der Waals surface area contributed by atoms with Gasteiger partial charge in [0.05, 0.1) is 5.52 Å². The molecule has 0 bridgehead atoms. The maximum atomic E-state index is 12.1. The summed E-state index contributed by atoms with van der Waals surface area (Å²) in [7, 11) is 3.23. The second-order valence-corrected chi connectivity index (χ2v) is 6.50. The normalized spacial score (nSPS) is 17.0. The third-order valence-corrected chi connectivity index (χ3v) is 4.50. The van der Waals surface area contributed by atoms with E-state index in [1.165, 1.54) is 0 Å². The van der Waals surface area contributed by atoms with Crippen molar-refractivity contribution in [3.8, 4) is 0 Å². The van der Waals surface area contributed by atoms with Crippen molar-refractivity contribution >= 4 is 22.6 Å². The molecule has 130 valence electrons. The summed E-state index contributed by atoms with van der Waals surface area (Å²) in [6.45, 7) is 4.16. The molecule has 1 aliphatic rings. The maximum Gasteiger partial charge on any atom is 0.319 e. The number of ether oxygens (including phenoxy) is 2. The van der Waals surface area contributed by atoms with Crippen LogP contribution in [-0.2, 0) is 9.47 Å². The van der Waals surface area contributed by atoms with Gasteiger partial charge in [-0.3, -0.25) is 4.68 Å². The molecule has 2 N–H and O–H groups in total. The van der Waals surface area contributed by atoms with E-state index >= 15 is 0 Å². The zero-order chi connectivity index (χ0) is 17.3. The standard InChI is InChI=1S/C17H24N4O3/c1-11(2)21-10-12-7-13(5-6-15(12)20-21)18-16(22)19-14-8-17(9-14,23-3)24-4/h5-7,10-11,14H,8-9H2,1-4H3,(H2,18,19,22). The number of nitrogens with one attached hydrogen (secondary N) is 2. The van der Waals surface area contributed by atoms with Crippen molar-refractivity contribution in [1.29, 1.82) is 0 Å². The molecule has 7 nitrogen and oxygen atoms in total. The van der Waals surface area contributed by atoms with Gasteiger partial charge in [-0.05, 0) is 32.0 Å². The molecule has 1 aliphatic carbocycles. The molecule has 7 heteroatoms. The van der Waals surface area contributed by atoms with Crippen LogP contribution in [0.25, 0.3) is 10.9 Å². The number of hydrogen-bond donors (Lipinski definition) is 2. The number of fused-ring (bicyclic) bond motifs is 1. The van der Waals surface area contributed by atoms with Gasteiger partial charge in [-0.1, -0.05) is 0 Å². The number of carbonyl (C=O) groups excluding carboxylic acids is 1. The SMILES string of the molecule is COC1(OC)CC(NC(=O)Nc2ccc3nn(C(C)C)cc3c2)C1. The summed E-state index contributed by atoms with van der Waals surface area (Å²) in [5.74, 6) is -0.553.